The molecule has 6 nitrogen and oxygen atoms in total. The van der Waals surface area contributed by atoms with Crippen LogP contribution in [-0.4, -0.2) is 22.1 Å². The summed E-state index contributed by atoms with van der Waals surface area (Å²) in [4.78, 5) is 11.9. The summed E-state index contributed by atoms with van der Waals surface area (Å²) >= 11 is 0. The first-order valence-electron chi connectivity index (χ1n) is 5.28. The van der Waals surface area contributed by atoms with Gasteiger partial charge in [-0.1, -0.05) is 6.07 Å². The minimum absolute atomic E-state index is 0.146. The molecule has 0 saturated heterocycles. The maximum absolute atomic E-state index is 8.68. The van der Waals surface area contributed by atoms with Crippen molar-refractivity contribution in [2.75, 3.05) is 12.4 Å². The number of nitrogens with one attached hydrogen (secondary N) is 1. The number of nitriles is 1. The zero-order chi connectivity index (χ0) is 12.8. The molecule has 0 radical (unpaired) electrons. The monoisotopic (exact) mass is 241 g/mol. The highest BCUT2D eigenvalue weighted by molar-refractivity contribution is 5.36. The van der Waals surface area contributed by atoms with Crippen molar-refractivity contribution in [3.8, 4) is 11.9 Å². The largest absolute Gasteiger partial charge is 0.481 e. The zero-order valence-corrected chi connectivity index (χ0v) is 9.79. The van der Waals surface area contributed by atoms with E-state index in [1.807, 2.05) is 12.1 Å². The highest BCUT2D eigenvalue weighted by Gasteiger charge is 1.99. The van der Waals surface area contributed by atoms with Gasteiger partial charge in [0, 0.05) is 25.0 Å². The second-order valence-corrected chi connectivity index (χ2v) is 3.44. The van der Waals surface area contributed by atoms with Gasteiger partial charge in [-0.2, -0.15) is 5.26 Å². The lowest BCUT2D eigenvalue weighted by Crippen LogP contribution is -2.03. The average molecular weight is 241 g/mol. The van der Waals surface area contributed by atoms with E-state index in [0.29, 0.717) is 18.2 Å². The van der Waals surface area contributed by atoms with Gasteiger partial charge in [-0.15, -0.1) is 0 Å². The van der Waals surface area contributed by atoms with E-state index >= 15 is 0 Å². The molecule has 0 aliphatic carbocycles. The van der Waals surface area contributed by atoms with Crippen molar-refractivity contribution in [3.05, 3.63) is 42.0 Å². The fourth-order valence-corrected chi connectivity index (χ4v) is 1.34. The number of aromatic nitrogens is 3. The van der Waals surface area contributed by atoms with E-state index in [9.17, 15) is 0 Å². The van der Waals surface area contributed by atoms with Crippen LogP contribution in [-0.2, 0) is 6.54 Å². The Morgan fingerprint density at radius 1 is 1.33 bits per heavy atom. The zero-order valence-electron chi connectivity index (χ0n) is 9.79. The van der Waals surface area contributed by atoms with Crippen LogP contribution in [0.3, 0.4) is 0 Å². The van der Waals surface area contributed by atoms with Gasteiger partial charge in [0.05, 0.1) is 7.11 Å². The number of hydrogen-bond acceptors (Lipinski definition) is 6. The molecule has 0 aliphatic heterocycles. The molecular weight excluding hydrogens is 230 g/mol. The summed E-state index contributed by atoms with van der Waals surface area (Å²) in [5.41, 5.74) is 0.993. The van der Waals surface area contributed by atoms with Crippen LogP contribution in [0.5, 0.6) is 5.88 Å². The Labute approximate surface area is 104 Å². The molecule has 0 bridgehead atoms. The summed E-state index contributed by atoms with van der Waals surface area (Å²) in [5.74, 6) is 1.33. The van der Waals surface area contributed by atoms with Crippen molar-refractivity contribution in [3.63, 3.8) is 0 Å². The SMILES string of the molecule is COc1ccc(CNc2ccnc(C#N)n2)cn1. The van der Waals surface area contributed by atoms with Crippen LogP contribution in [0.15, 0.2) is 30.6 Å². The first-order valence-corrected chi connectivity index (χ1v) is 5.28. The summed E-state index contributed by atoms with van der Waals surface area (Å²) in [6.07, 6.45) is 3.26. The van der Waals surface area contributed by atoms with Crippen molar-refractivity contribution in [2.24, 2.45) is 0 Å². The minimum Gasteiger partial charge on any atom is -0.481 e. The first kappa shape index (κ1) is 11.8. The topological polar surface area (TPSA) is 83.7 Å². The van der Waals surface area contributed by atoms with Crippen molar-refractivity contribution in [1.29, 1.82) is 5.26 Å². The van der Waals surface area contributed by atoms with E-state index in [-0.39, 0.29) is 5.82 Å². The van der Waals surface area contributed by atoms with Gasteiger partial charge < -0.3 is 10.1 Å². The highest BCUT2D eigenvalue weighted by Crippen LogP contribution is 2.09. The van der Waals surface area contributed by atoms with E-state index in [2.05, 4.69) is 20.3 Å². The van der Waals surface area contributed by atoms with Crippen molar-refractivity contribution in [1.82, 2.24) is 15.0 Å². The van der Waals surface area contributed by atoms with Gasteiger partial charge in [0.2, 0.25) is 11.7 Å². The van der Waals surface area contributed by atoms with Crippen molar-refractivity contribution in [2.45, 2.75) is 6.54 Å². The van der Waals surface area contributed by atoms with Crippen LogP contribution in [0, 0.1) is 11.3 Å². The smallest absolute Gasteiger partial charge is 0.234 e. The third-order valence-corrected chi connectivity index (χ3v) is 2.24. The van der Waals surface area contributed by atoms with Crippen LogP contribution in [0.2, 0.25) is 0 Å². The number of nitrogens with zero attached hydrogens (tertiary/aromatic N) is 4. The normalized spacial score (nSPS) is 9.56. The Balaban J connectivity index is 2.00. The number of pyridine rings is 1. The second-order valence-electron chi connectivity index (χ2n) is 3.44. The Bertz CT molecular complexity index is 561. The van der Waals surface area contributed by atoms with E-state index in [1.165, 1.54) is 0 Å². The lowest BCUT2D eigenvalue weighted by atomic mass is 10.3. The van der Waals surface area contributed by atoms with Crippen LogP contribution < -0.4 is 10.1 Å². The average Bonchev–Trinajstić information content (AvgIpc) is 2.46. The van der Waals surface area contributed by atoms with Gasteiger partial charge in [-0.05, 0) is 11.6 Å². The molecule has 18 heavy (non-hydrogen) atoms. The molecule has 1 N–H and O–H groups in total. The molecule has 0 aliphatic rings. The first-order chi connectivity index (χ1) is 8.81. The molecule has 0 unspecified atom stereocenters. The molecule has 0 fully saturated rings. The quantitative estimate of drug-likeness (QED) is 0.870. The van der Waals surface area contributed by atoms with Crippen LogP contribution in [0.4, 0.5) is 5.82 Å². The molecule has 0 atom stereocenters. The summed E-state index contributed by atoms with van der Waals surface area (Å²) in [6.45, 7) is 0.568. The molecule has 90 valence electrons. The molecule has 0 amide bonds. The van der Waals surface area contributed by atoms with Gasteiger partial charge in [0.1, 0.15) is 11.9 Å². The minimum atomic E-state index is 0.146. The molecule has 2 aromatic rings. The maximum atomic E-state index is 8.68. The van der Waals surface area contributed by atoms with Crippen LogP contribution >= 0.6 is 0 Å². The van der Waals surface area contributed by atoms with Crippen LogP contribution in [0.1, 0.15) is 11.4 Å². The fourth-order valence-electron chi connectivity index (χ4n) is 1.34. The lowest BCUT2D eigenvalue weighted by molar-refractivity contribution is 0.397. The van der Waals surface area contributed by atoms with E-state index < -0.39 is 0 Å². The summed E-state index contributed by atoms with van der Waals surface area (Å²) in [5, 5.41) is 11.8. The van der Waals surface area contributed by atoms with Gasteiger partial charge >= 0.3 is 0 Å². The van der Waals surface area contributed by atoms with E-state index in [1.54, 1.807) is 31.6 Å². The molecule has 0 aromatic carbocycles. The fraction of sp³-hybridized carbons (Fsp3) is 0.167. The Hall–Kier alpha value is -2.68. The Morgan fingerprint density at radius 3 is 2.89 bits per heavy atom. The van der Waals surface area contributed by atoms with Gasteiger partial charge in [0.15, 0.2) is 0 Å². The summed E-state index contributed by atoms with van der Waals surface area (Å²) < 4.78 is 4.97. The van der Waals surface area contributed by atoms with Gasteiger partial charge in [-0.3, -0.25) is 0 Å². The predicted molar refractivity (Wildman–Crippen MR) is 64.9 cm³/mol. The number of rotatable bonds is 4. The molecule has 2 heterocycles. The number of anilines is 1. The predicted octanol–water partition coefficient (Wildman–Crippen LogP) is 1.36. The lowest BCUT2D eigenvalue weighted by Gasteiger charge is -2.05. The third-order valence-electron chi connectivity index (χ3n) is 2.24. The third kappa shape index (κ3) is 2.92. The van der Waals surface area contributed by atoms with Gasteiger partial charge in [-0.25, -0.2) is 15.0 Å². The number of ether oxygens (including phenoxy) is 1. The summed E-state index contributed by atoms with van der Waals surface area (Å²) in [6, 6.07) is 7.29. The molecule has 2 rings (SSSR count). The number of hydrogen-bond donors (Lipinski definition) is 1. The van der Waals surface area contributed by atoms with Gasteiger partial charge in [0.25, 0.3) is 0 Å². The van der Waals surface area contributed by atoms with E-state index in [4.69, 9.17) is 10.00 Å². The second kappa shape index (κ2) is 5.59. The maximum Gasteiger partial charge on any atom is 0.234 e. The summed E-state index contributed by atoms with van der Waals surface area (Å²) in [7, 11) is 1.57. The van der Waals surface area contributed by atoms with Crippen molar-refractivity contribution < 1.29 is 4.74 Å². The highest BCUT2D eigenvalue weighted by atomic mass is 16.5. The van der Waals surface area contributed by atoms with Crippen LogP contribution in [0.25, 0.3) is 0 Å². The Kier molecular flexibility index (Phi) is 3.66. The standard InChI is InChI=1S/C12H11N5O/c1-18-12-3-2-9(8-16-12)7-15-10-4-5-14-11(6-13)17-10/h2-5,8H,7H2,1H3,(H,14,15,17). The Morgan fingerprint density at radius 2 is 2.22 bits per heavy atom. The van der Waals surface area contributed by atoms with E-state index in [0.717, 1.165) is 5.56 Å². The molecular formula is C12H11N5O. The van der Waals surface area contributed by atoms with Crippen molar-refractivity contribution >= 4 is 5.82 Å². The molecule has 2 aromatic heterocycles. The molecule has 0 spiro atoms. The molecule has 6 heteroatoms. The number of methoxy groups -OCH3 is 1. The molecule has 0 saturated carbocycles.